The molecule has 5 nitrogen and oxygen atoms in total. The van der Waals surface area contributed by atoms with E-state index in [1.54, 1.807) is 12.3 Å². The third-order valence-electron chi connectivity index (χ3n) is 2.65. The predicted octanol–water partition coefficient (Wildman–Crippen LogP) is 4.17. The molecule has 0 saturated carbocycles. The second-order valence-electron chi connectivity index (χ2n) is 4.04. The summed E-state index contributed by atoms with van der Waals surface area (Å²) in [5.74, 6) is -0.842. The van der Waals surface area contributed by atoms with Crippen LogP contribution in [-0.2, 0) is 0 Å². The van der Waals surface area contributed by atoms with Gasteiger partial charge in [0.25, 0.3) is 5.89 Å². The Bertz CT molecular complexity index is 803. The highest BCUT2D eigenvalue weighted by Crippen LogP contribution is 2.33. The number of benzene rings is 1. The van der Waals surface area contributed by atoms with Crippen molar-refractivity contribution in [3.63, 3.8) is 0 Å². The van der Waals surface area contributed by atoms with E-state index in [2.05, 4.69) is 47.0 Å². The first-order valence-electron chi connectivity index (χ1n) is 5.69. The van der Waals surface area contributed by atoms with Crippen molar-refractivity contribution < 1.29 is 14.0 Å². The van der Waals surface area contributed by atoms with Crippen LogP contribution in [0.1, 0.15) is 0 Å². The number of pyridine rings is 1. The molecule has 1 aromatic carbocycles. The lowest BCUT2D eigenvalue weighted by Gasteiger charge is -2.00. The highest BCUT2D eigenvalue weighted by molar-refractivity contribution is 9.11. The summed E-state index contributed by atoms with van der Waals surface area (Å²) in [6.45, 7) is 0. The van der Waals surface area contributed by atoms with Crippen LogP contribution < -0.4 is 0 Å². The molecule has 0 unspecified atom stereocenters. The summed E-state index contributed by atoms with van der Waals surface area (Å²) >= 11 is 6.63. The Kier molecular flexibility index (Phi) is 3.73. The molecule has 2 aromatic heterocycles. The van der Waals surface area contributed by atoms with Crippen LogP contribution in [0.2, 0.25) is 0 Å². The zero-order chi connectivity index (χ0) is 15.0. The van der Waals surface area contributed by atoms with Gasteiger partial charge in [-0.15, -0.1) is 0 Å². The van der Waals surface area contributed by atoms with Gasteiger partial charge in [-0.3, -0.25) is 4.98 Å². The smallest absolute Gasteiger partial charge is 0.265 e. The van der Waals surface area contributed by atoms with Gasteiger partial charge in [0, 0.05) is 15.1 Å². The summed E-state index contributed by atoms with van der Waals surface area (Å²) in [4.78, 5) is 8.24. The number of aromatic hydroxyl groups is 1. The fourth-order valence-electron chi connectivity index (χ4n) is 1.72. The number of rotatable bonds is 2. The molecule has 0 amide bonds. The quantitative estimate of drug-likeness (QED) is 0.681. The first-order valence-corrected chi connectivity index (χ1v) is 7.28. The zero-order valence-corrected chi connectivity index (χ0v) is 13.4. The molecule has 3 aromatic rings. The minimum Gasteiger partial charge on any atom is -0.507 e. The Morgan fingerprint density at radius 1 is 1.24 bits per heavy atom. The van der Waals surface area contributed by atoms with Gasteiger partial charge in [-0.25, -0.2) is 4.39 Å². The van der Waals surface area contributed by atoms with Crippen molar-refractivity contribution in [1.82, 2.24) is 15.1 Å². The highest BCUT2D eigenvalue weighted by atomic mass is 79.9. The van der Waals surface area contributed by atoms with Gasteiger partial charge in [-0.2, -0.15) is 4.98 Å². The van der Waals surface area contributed by atoms with Crippen molar-refractivity contribution in [3.8, 4) is 28.7 Å². The number of halogens is 3. The van der Waals surface area contributed by atoms with E-state index in [1.807, 2.05) is 0 Å². The maximum Gasteiger partial charge on any atom is 0.265 e. The Morgan fingerprint density at radius 2 is 2.05 bits per heavy atom. The van der Waals surface area contributed by atoms with Gasteiger partial charge < -0.3 is 9.63 Å². The van der Waals surface area contributed by atoms with Crippen LogP contribution >= 0.6 is 31.9 Å². The molecule has 0 saturated heterocycles. The summed E-state index contributed by atoms with van der Waals surface area (Å²) < 4.78 is 20.2. The number of hydrogen-bond donors (Lipinski definition) is 1. The number of hydrogen-bond acceptors (Lipinski definition) is 5. The first-order chi connectivity index (χ1) is 10.1. The van der Waals surface area contributed by atoms with E-state index >= 15 is 0 Å². The molecule has 0 spiro atoms. The van der Waals surface area contributed by atoms with Crippen LogP contribution in [0.25, 0.3) is 23.0 Å². The van der Waals surface area contributed by atoms with Gasteiger partial charge in [-0.05, 0) is 50.1 Å². The summed E-state index contributed by atoms with van der Waals surface area (Å²) in [5, 5.41) is 13.5. The molecule has 2 heterocycles. The first kappa shape index (κ1) is 14.2. The molecule has 0 fully saturated rings. The Hall–Kier alpha value is -1.80. The summed E-state index contributed by atoms with van der Waals surface area (Å²) in [6, 6.07) is 5.71. The molecule has 3 rings (SSSR count). The Morgan fingerprint density at radius 3 is 2.76 bits per heavy atom. The van der Waals surface area contributed by atoms with E-state index in [0.717, 1.165) is 4.47 Å². The third kappa shape index (κ3) is 2.68. The number of phenolic OH excluding ortho intramolecular Hbond substituents is 1. The van der Waals surface area contributed by atoms with Gasteiger partial charge in [0.2, 0.25) is 5.82 Å². The minimum atomic E-state index is -0.645. The Balaban J connectivity index is 2.08. The molecule has 0 bridgehead atoms. The topological polar surface area (TPSA) is 72.0 Å². The molecule has 0 aliphatic carbocycles. The summed E-state index contributed by atoms with van der Waals surface area (Å²) in [6.07, 6.45) is 1.58. The number of aromatic nitrogens is 3. The number of nitrogens with zero attached hydrogens (tertiary/aromatic N) is 3. The Labute approximate surface area is 135 Å². The third-order valence-corrected chi connectivity index (χ3v) is 3.69. The van der Waals surface area contributed by atoms with E-state index in [-0.39, 0.29) is 23.0 Å². The minimum absolute atomic E-state index is 0.114. The van der Waals surface area contributed by atoms with Crippen LogP contribution in [0.5, 0.6) is 5.75 Å². The molecular formula is C13H6Br2FN3O2. The highest BCUT2D eigenvalue weighted by Gasteiger charge is 2.19. The molecule has 106 valence electrons. The van der Waals surface area contributed by atoms with Crippen LogP contribution in [0.15, 0.2) is 43.9 Å². The fraction of sp³-hybridized carbons (Fsp3) is 0. The van der Waals surface area contributed by atoms with E-state index in [1.165, 1.54) is 18.2 Å². The molecule has 0 atom stereocenters. The lowest BCUT2D eigenvalue weighted by molar-refractivity contribution is 0.421. The average molecular weight is 415 g/mol. The fourth-order valence-corrected chi connectivity index (χ4v) is 2.89. The SMILES string of the molecule is Oc1cccc(F)c1-c1nc(-c2ncc(Br)cc2Br)no1. The van der Waals surface area contributed by atoms with Crippen molar-refractivity contribution >= 4 is 31.9 Å². The zero-order valence-electron chi connectivity index (χ0n) is 10.2. The molecule has 0 aliphatic rings. The second-order valence-corrected chi connectivity index (χ2v) is 5.81. The standard InChI is InChI=1S/C13H6Br2FN3O2/c14-6-4-7(15)11(17-5-6)12-18-13(21-19-12)10-8(16)2-1-3-9(10)20/h1-5,20H. The van der Waals surface area contributed by atoms with Crippen LogP contribution in [0.3, 0.4) is 0 Å². The lowest BCUT2D eigenvalue weighted by Crippen LogP contribution is -1.89. The van der Waals surface area contributed by atoms with Crippen molar-refractivity contribution in [2.24, 2.45) is 0 Å². The van der Waals surface area contributed by atoms with Gasteiger partial charge >= 0.3 is 0 Å². The second kappa shape index (κ2) is 5.53. The molecule has 1 N–H and O–H groups in total. The van der Waals surface area contributed by atoms with Gasteiger partial charge in [0.15, 0.2) is 0 Å². The largest absolute Gasteiger partial charge is 0.507 e. The van der Waals surface area contributed by atoms with Gasteiger partial charge in [0.05, 0.1) is 0 Å². The monoisotopic (exact) mass is 413 g/mol. The van der Waals surface area contributed by atoms with E-state index < -0.39 is 5.82 Å². The van der Waals surface area contributed by atoms with Gasteiger partial charge in [0.1, 0.15) is 22.8 Å². The van der Waals surface area contributed by atoms with Crippen molar-refractivity contribution in [1.29, 1.82) is 0 Å². The summed E-state index contributed by atoms with van der Waals surface area (Å²) in [7, 11) is 0. The maximum absolute atomic E-state index is 13.8. The molecule has 0 aliphatic heterocycles. The van der Waals surface area contributed by atoms with E-state index in [4.69, 9.17) is 4.52 Å². The molecule has 8 heteroatoms. The predicted molar refractivity (Wildman–Crippen MR) is 80.0 cm³/mol. The normalized spacial score (nSPS) is 10.8. The molecule has 0 radical (unpaired) electrons. The summed E-state index contributed by atoms with van der Waals surface area (Å²) in [5.41, 5.74) is 0.313. The van der Waals surface area contributed by atoms with E-state index in [9.17, 15) is 9.50 Å². The molecular weight excluding hydrogens is 409 g/mol. The van der Waals surface area contributed by atoms with Crippen LogP contribution in [0.4, 0.5) is 4.39 Å². The van der Waals surface area contributed by atoms with Crippen molar-refractivity contribution in [2.75, 3.05) is 0 Å². The van der Waals surface area contributed by atoms with Crippen LogP contribution in [0, 0.1) is 5.82 Å². The lowest BCUT2D eigenvalue weighted by atomic mass is 10.2. The van der Waals surface area contributed by atoms with Crippen LogP contribution in [-0.4, -0.2) is 20.2 Å². The van der Waals surface area contributed by atoms with E-state index in [0.29, 0.717) is 10.2 Å². The van der Waals surface area contributed by atoms with Gasteiger partial charge in [-0.1, -0.05) is 11.2 Å². The molecule has 21 heavy (non-hydrogen) atoms. The maximum atomic E-state index is 13.8. The number of phenols is 1. The van der Waals surface area contributed by atoms with Crippen molar-refractivity contribution in [2.45, 2.75) is 0 Å². The average Bonchev–Trinajstić information content (AvgIpc) is 2.87. The van der Waals surface area contributed by atoms with Crippen molar-refractivity contribution in [3.05, 3.63) is 45.2 Å².